The van der Waals surface area contributed by atoms with Gasteiger partial charge in [0, 0.05) is 29.8 Å². The fraction of sp³-hybridized carbons (Fsp3) is 0.600. The quantitative estimate of drug-likeness (QED) is 0.888. The van der Waals surface area contributed by atoms with Crippen LogP contribution in [0, 0.1) is 0 Å². The molecule has 1 heterocycles. The number of halogens is 4. The summed E-state index contributed by atoms with van der Waals surface area (Å²) in [6.07, 6.45) is -1.59. The molecule has 21 heavy (non-hydrogen) atoms. The number of nitrogens with one attached hydrogen (secondary N) is 1. The molecular weight excluding hydrogens is 301 g/mol. The summed E-state index contributed by atoms with van der Waals surface area (Å²) in [5.41, 5.74) is -0.407. The molecule has 0 aliphatic carbocycles. The number of nitrogens with zero attached hydrogens (tertiary/aromatic N) is 1. The maximum Gasteiger partial charge on any atom is 0.418 e. The van der Waals surface area contributed by atoms with Crippen molar-refractivity contribution < 1.29 is 13.2 Å². The van der Waals surface area contributed by atoms with Gasteiger partial charge in [-0.3, -0.25) is 0 Å². The first-order valence-electron chi connectivity index (χ1n) is 7.27. The number of piperidine rings is 1. The number of hydrogen-bond donors (Lipinski definition) is 1. The van der Waals surface area contributed by atoms with Gasteiger partial charge in [-0.15, -0.1) is 0 Å². The molecule has 1 fully saturated rings. The standard InChI is InChI=1S/C15H20ClF3N2/c1-2-7-20-12-5-8-21(9-6-12)14-4-3-11(16)10-13(14)15(17,18)19/h3-4,10,12,20H,2,5-9H2,1H3. The molecule has 0 unspecified atom stereocenters. The summed E-state index contributed by atoms with van der Waals surface area (Å²) in [7, 11) is 0. The van der Waals surface area contributed by atoms with E-state index in [0.29, 0.717) is 19.1 Å². The van der Waals surface area contributed by atoms with Crippen LogP contribution in [0.5, 0.6) is 0 Å². The van der Waals surface area contributed by atoms with Gasteiger partial charge in [0.05, 0.1) is 5.56 Å². The van der Waals surface area contributed by atoms with Crippen LogP contribution < -0.4 is 10.2 Å². The second kappa shape index (κ2) is 6.88. The van der Waals surface area contributed by atoms with Crippen molar-refractivity contribution in [3.8, 4) is 0 Å². The fourth-order valence-electron chi connectivity index (χ4n) is 2.68. The van der Waals surface area contributed by atoms with E-state index in [1.165, 1.54) is 12.1 Å². The lowest BCUT2D eigenvalue weighted by atomic mass is 10.0. The number of benzene rings is 1. The van der Waals surface area contributed by atoms with Crippen LogP contribution in [-0.2, 0) is 6.18 Å². The zero-order valence-corrected chi connectivity index (χ0v) is 12.8. The molecule has 6 heteroatoms. The Morgan fingerprint density at radius 1 is 1.29 bits per heavy atom. The highest BCUT2D eigenvalue weighted by atomic mass is 35.5. The van der Waals surface area contributed by atoms with Crippen LogP contribution in [0.2, 0.25) is 5.02 Å². The van der Waals surface area contributed by atoms with Crippen LogP contribution in [0.1, 0.15) is 31.7 Å². The van der Waals surface area contributed by atoms with Gasteiger partial charge in [-0.25, -0.2) is 0 Å². The van der Waals surface area contributed by atoms with Gasteiger partial charge in [0.15, 0.2) is 0 Å². The van der Waals surface area contributed by atoms with Gasteiger partial charge in [-0.2, -0.15) is 13.2 Å². The molecule has 0 amide bonds. The second-order valence-corrected chi connectivity index (χ2v) is 5.81. The molecule has 2 nitrogen and oxygen atoms in total. The predicted molar refractivity (Wildman–Crippen MR) is 80.0 cm³/mol. The van der Waals surface area contributed by atoms with Crippen molar-refractivity contribution in [1.82, 2.24) is 5.32 Å². The Kier molecular flexibility index (Phi) is 5.38. The van der Waals surface area contributed by atoms with E-state index in [9.17, 15) is 13.2 Å². The molecule has 1 saturated heterocycles. The molecule has 2 rings (SSSR count). The Morgan fingerprint density at radius 3 is 2.52 bits per heavy atom. The lowest BCUT2D eigenvalue weighted by Crippen LogP contribution is -2.43. The molecule has 0 aromatic heterocycles. The molecule has 0 radical (unpaired) electrons. The number of alkyl halides is 3. The van der Waals surface area contributed by atoms with Gasteiger partial charge in [0.1, 0.15) is 0 Å². The molecule has 0 bridgehead atoms. The highest BCUT2D eigenvalue weighted by Gasteiger charge is 2.35. The van der Waals surface area contributed by atoms with Gasteiger partial charge >= 0.3 is 6.18 Å². The zero-order valence-electron chi connectivity index (χ0n) is 12.0. The molecule has 1 N–H and O–H groups in total. The predicted octanol–water partition coefficient (Wildman–Crippen LogP) is 4.33. The Labute approximate surface area is 128 Å². The number of anilines is 1. The SMILES string of the molecule is CCCNC1CCN(c2ccc(Cl)cc2C(F)(F)F)CC1. The van der Waals surface area contributed by atoms with E-state index in [0.717, 1.165) is 31.9 Å². The second-order valence-electron chi connectivity index (χ2n) is 5.37. The van der Waals surface area contributed by atoms with E-state index in [4.69, 9.17) is 11.6 Å². The largest absolute Gasteiger partial charge is 0.418 e. The van der Waals surface area contributed by atoms with Gasteiger partial charge in [-0.05, 0) is 44.0 Å². The van der Waals surface area contributed by atoms with E-state index in [-0.39, 0.29) is 10.7 Å². The van der Waals surface area contributed by atoms with E-state index in [2.05, 4.69) is 12.2 Å². The average molecular weight is 321 g/mol. The average Bonchev–Trinajstić information content (AvgIpc) is 2.45. The minimum atomic E-state index is -4.38. The summed E-state index contributed by atoms with van der Waals surface area (Å²) in [5.74, 6) is 0. The normalized spacial score (nSPS) is 17.3. The lowest BCUT2D eigenvalue weighted by molar-refractivity contribution is -0.137. The van der Waals surface area contributed by atoms with Gasteiger partial charge in [0.25, 0.3) is 0 Å². The topological polar surface area (TPSA) is 15.3 Å². The lowest BCUT2D eigenvalue weighted by Gasteiger charge is -2.35. The van der Waals surface area contributed by atoms with Crippen LogP contribution in [0.4, 0.5) is 18.9 Å². The van der Waals surface area contributed by atoms with Crippen LogP contribution in [0.15, 0.2) is 18.2 Å². The van der Waals surface area contributed by atoms with E-state index < -0.39 is 11.7 Å². The molecule has 0 saturated carbocycles. The molecule has 1 aliphatic rings. The smallest absolute Gasteiger partial charge is 0.371 e. The van der Waals surface area contributed by atoms with Crippen LogP contribution in [0.3, 0.4) is 0 Å². The first-order chi connectivity index (χ1) is 9.91. The van der Waals surface area contributed by atoms with Crippen molar-refractivity contribution in [3.05, 3.63) is 28.8 Å². The summed E-state index contributed by atoms with van der Waals surface area (Å²) in [6, 6.07) is 4.42. The monoisotopic (exact) mass is 320 g/mol. The Balaban J connectivity index is 2.10. The number of hydrogen-bond acceptors (Lipinski definition) is 2. The third kappa shape index (κ3) is 4.27. The molecule has 1 aliphatic heterocycles. The van der Waals surface area contributed by atoms with E-state index in [1.54, 1.807) is 0 Å². The van der Waals surface area contributed by atoms with Gasteiger partial charge in [0.2, 0.25) is 0 Å². The van der Waals surface area contributed by atoms with Crippen LogP contribution in [-0.4, -0.2) is 25.7 Å². The summed E-state index contributed by atoms with van der Waals surface area (Å²) in [5, 5.41) is 3.54. The van der Waals surface area contributed by atoms with Crippen molar-refractivity contribution >= 4 is 17.3 Å². The third-order valence-electron chi connectivity index (χ3n) is 3.78. The zero-order chi connectivity index (χ0) is 15.5. The van der Waals surface area contributed by atoms with Crippen molar-refractivity contribution in [2.45, 2.75) is 38.4 Å². The molecule has 1 aromatic rings. The summed E-state index contributed by atoms with van der Waals surface area (Å²) >= 11 is 5.71. The Bertz CT molecular complexity index is 468. The van der Waals surface area contributed by atoms with Crippen molar-refractivity contribution in [2.24, 2.45) is 0 Å². The molecular formula is C15H20ClF3N2. The van der Waals surface area contributed by atoms with Gasteiger partial charge in [-0.1, -0.05) is 18.5 Å². The fourth-order valence-corrected chi connectivity index (χ4v) is 2.86. The minimum Gasteiger partial charge on any atom is -0.371 e. The van der Waals surface area contributed by atoms with Crippen molar-refractivity contribution in [2.75, 3.05) is 24.5 Å². The van der Waals surface area contributed by atoms with Gasteiger partial charge < -0.3 is 10.2 Å². The van der Waals surface area contributed by atoms with Crippen LogP contribution >= 0.6 is 11.6 Å². The maximum absolute atomic E-state index is 13.1. The van der Waals surface area contributed by atoms with Crippen molar-refractivity contribution in [3.63, 3.8) is 0 Å². The Hall–Kier alpha value is -0.940. The highest BCUT2D eigenvalue weighted by molar-refractivity contribution is 6.30. The highest BCUT2D eigenvalue weighted by Crippen LogP contribution is 2.38. The summed E-state index contributed by atoms with van der Waals surface area (Å²) in [4.78, 5) is 1.81. The van der Waals surface area contributed by atoms with Crippen LogP contribution in [0.25, 0.3) is 0 Å². The van der Waals surface area contributed by atoms with E-state index >= 15 is 0 Å². The Morgan fingerprint density at radius 2 is 1.95 bits per heavy atom. The molecule has 1 aromatic carbocycles. The molecule has 118 valence electrons. The molecule has 0 spiro atoms. The first kappa shape index (κ1) is 16.4. The minimum absolute atomic E-state index is 0.116. The summed E-state index contributed by atoms with van der Waals surface area (Å²) < 4.78 is 39.4. The van der Waals surface area contributed by atoms with E-state index in [1.807, 2.05) is 4.90 Å². The third-order valence-corrected chi connectivity index (χ3v) is 4.02. The van der Waals surface area contributed by atoms with Crippen molar-refractivity contribution in [1.29, 1.82) is 0 Å². The first-order valence-corrected chi connectivity index (χ1v) is 7.64. The molecule has 0 atom stereocenters. The summed E-state index contributed by atoms with van der Waals surface area (Å²) in [6.45, 7) is 4.32. The maximum atomic E-state index is 13.1. The number of rotatable bonds is 4.